The maximum Gasteiger partial charge on any atom is 0.112 e. The first-order chi connectivity index (χ1) is 9.22. The van der Waals surface area contributed by atoms with E-state index >= 15 is 0 Å². The van der Waals surface area contributed by atoms with Crippen molar-refractivity contribution in [2.45, 2.75) is 19.5 Å². The monoisotopic (exact) mass is 273 g/mol. The summed E-state index contributed by atoms with van der Waals surface area (Å²) >= 11 is 1.83. The molecule has 0 saturated carbocycles. The number of aromatic nitrogens is 1. The number of para-hydroxylation sites is 1. The largest absolute Gasteiger partial charge is 0.364 e. The number of hydrogen-bond acceptors (Lipinski definition) is 4. The van der Waals surface area contributed by atoms with E-state index in [0.717, 1.165) is 26.1 Å². The lowest BCUT2D eigenvalue weighted by molar-refractivity contribution is 0.406. The van der Waals surface area contributed by atoms with Crippen LogP contribution < -0.4 is 4.90 Å². The van der Waals surface area contributed by atoms with Crippen LogP contribution in [-0.4, -0.2) is 30.5 Å². The van der Waals surface area contributed by atoms with Crippen molar-refractivity contribution in [3.05, 3.63) is 45.9 Å². The summed E-state index contributed by atoms with van der Waals surface area (Å²) in [5.41, 5.74) is 2.85. The van der Waals surface area contributed by atoms with Crippen molar-refractivity contribution in [1.82, 2.24) is 9.88 Å². The Balaban J connectivity index is 1.71. The molecule has 0 fully saturated rings. The Morgan fingerprint density at radius 3 is 3.00 bits per heavy atom. The second-order valence-corrected chi connectivity index (χ2v) is 6.46. The van der Waals surface area contributed by atoms with Gasteiger partial charge in [0.1, 0.15) is 5.01 Å². The highest BCUT2D eigenvalue weighted by molar-refractivity contribution is 7.11. The third-order valence-electron chi connectivity index (χ3n) is 3.38. The number of hydrogen-bond donors (Lipinski definition) is 0. The van der Waals surface area contributed by atoms with Crippen LogP contribution in [0.4, 0.5) is 5.69 Å². The molecule has 3 rings (SSSR count). The fraction of sp³-hybridized carbons (Fsp3) is 0.400. The average Bonchev–Trinajstić information content (AvgIpc) is 2.97. The van der Waals surface area contributed by atoms with Gasteiger partial charge in [0.05, 0.1) is 6.54 Å². The summed E-state index contributed by atoms with van der Waals surface area (Å²) in [6, 6.07) is 8.70. The fourth-order valence-electron chi connectivity index (χ4n) is 2.54. The zero-order valence-electron chi connectivity index (χ0n) is 11.5. The third-order valence-corrected chi connectivity index (χ3v) is 4.35. The van der Waals surface area contributed by atoms with E-state index in [2.05, 4.69) is 53.1 Å². The SMILES string of the molecule is CN(C)Cc1cnc(CN2CCc3ccccc32)s1. The van der Waals surface area contributed by atoms with Gasteiger partial charge in [-0.25, -0.2) is 4.98 Å². The van der Waals surface area contributed by atoms with Gasteiger partial charge in [0, 0.05) is 29.9 Å². The number of rotatable bonds is 4. The van der Waals surface area contributed by atoms with Crippen LogP contribution >= 0.6 is 11.3 Å². The molecule has 0 radical (unpaired) electrons. The lowest BCUT2D eigenvalue weighted by Crippen LogP contribution is -2.19. The van der Waals surface area contributed by atoms with Crippen molar-refractivity contribution in [3.8, 4) is 0 Å². The predicted octanol–water partition coefficient (Wildman–Crippen LogP) is 2.77. The van der Waals surface area contributed by atoms with E-state index in [1.54, 1.807) is 0 Å². The Labute approximate surface area is 118 Å². The molecule has 19 heavy (non-hydrogen) atoms. The normalized spacial score (nSPS) is 14.2. The molecule has 0 bridgehead atoms. The molecule has 2 heterocycles. The molecule has 1 aromatic carbocycles. The Morgan fingerprint density at radius 1 is 1.32 bits per heavy atom. The van der Waals surface area contributed by atoms with Gasteiger partial charge in [0.2, 0.25) is 0 Å². The molecular weight excluding hydrogens is 254 g/mol. The molecular formula is C15H19N3S. The Kier molecular flexibility index (Phi) is 3.53. The van der Waals surface area contributed by atoms with E-state index in [9.17, 15) is 0 Å². The van der Waals surface area contributed by atoms with Gasteiger partial charge in [-0.1, -0.05) is 18.2 Å². The minimum absolute atomic E-state index is 0.940. The topological polar surface area (TPSA) is 19.4 Å². The van der Waals surface area contributed by atoms with Gasteiger partial charge >= 0.3 is 0 Å². The average molecular weight is 273 g/mol. The van der Waals surface area contributed by atoms with Crippen molar-refractivity contribution in [1.29, 1.82) is 0 Å². The molecule has 4 heteroatoms. The summed E-state index contributed by atoms with van der Waals surface area (Å²) in [6.45, 7) is 3.03. The molecule has 1 aliphatic heterocycles. The number of thiazole rings is 1. The third kappa shape index (κ3) is 2.80. The summed E-state index contributed by atoms with van der Waals surface area (Å²) in [6.07, 6.45) is 3.17. The van der Waals surface area contributed by atoms with Crippen LogP contribution in [0.15, 0.2) is 30.5 Å². The number of benzene rings is 1. The second kappa shape index (κ2) is 5.31. The molecule has 100 valence electrons. The van der Waals surface area contributed by atoms with Crippen molar-refractivity contribution in [2.75, 3.05) is 25.5 Å². The molecule has 0 N–H and O–H groups in total. The van der Waals surface area contributed by atoms with Gasteiger partial charge in [-0.15, -0.1) is 11.3 Å². The smallest absolute Gasteiger partial charge is 0.112 e. The molecule has 0 atom stereocenters. The van der Waals surface area contributed by atoms with E-state index < -0.39 is 0 Å². The van der Waals surface area contributed by atoms with E-state index in [1.807, 2.05) is 17.5 Å². The first kappa shape index (κ1) is 12.6. The summed E-state index contributed by atoms with van der Waals surface area (Å²) in [7, 11) is 4.19. The van der Waals surface area contributed by atoms with E-state index in [0.29, 0.717) is 0 Å². The van der Waals surface area contributed by atoms with Crippen LogP contribution in [0.25, 0.3) is 0 Å². The van der Waals surface area contributed by atoms with E-state index in [1.165, 1.54) is 21.1 Å². The van der Waals surface area contributed by atoms with Gasteiger partial charge in [-0.3, -0.25) is 0 Å². The quantitative estimate of drug-likeness (QED) is 0.854. The lowest BCUT2D eigenvalue weighted by atomic mass is 10.2. The van der Waals surface area contributed by atoms with Crippen LogP contribution in [0, 0.1) is 0 Å². The van der Waals surface area contributed by atoms with Gasteiger partial charge in [0.15, 0.2) is 0 Å². The van der Waals surface area contributed by atoms with Gasteiger partial charge in [0.25, 0.3) is 0 Å². The summed E-state index contributed by atoms with van der Waals surface area (Å²) < 4.78 is 0. The molecule has 1 aromatic heterocycles. The zero-order valence-corrected chi connectivity index (χ0v) is 12.3. The number of anilines is 1. The van der Waals surface area contributed by atoms with Crippen LogP contribution in [0.2, 0.25) is 0 Å². The highest BCUT2D eigenvalue weighted by atomic mass is 32.1. The van der Waals surface area contributed by atoms with Crippen molar-refractivity contribution in [3.63, 3.8) is 0 Å². The molecule has 0 unspecified atom stereocenters. The maximum atomic E-state index is 4.56. The van der Waals surface area contributed by atoms with Gasteiger partial charge in [-0.05, 0) is 32.1 Å². The van der Waals surface area contributed by atoms with Crippen molar-refractivity contribution in [2.24, 2.45) is 0 Å². The predicted molar refractivity (Wildman–Crippen MR) is 80.7 cm³/mol. The zero-order chi connectivity index (χ0) is 13.2. The van der Waals surface area contributed by atoms with Crippen LogP contribution in [0.1, 0.15) is 15.4 Å². The van der Waals surface area contributed by atoms with Crippen LogP contribution in [0.3, 0.4) is 0 Å². The molecule has 2 aromatic rings. The lowest BCUT2D eigenvalue weighted by Gasteiger charge is -2.17. The maximum absolute atomic E-state index is 4.56. The van der Waals surface area contributed by atoms with E-state index in [4.69, 9.17) is 0 Å². The first-order valence-electron chi connectivity index (χ1n) is 6.63. The number of fused-ring (bicyclic) bond motifs is 1. The van der Waals surface area contributed by atoms with Crippen LogP contribution in [0.5, 0.6) is 0 Å². The fourth-order valence-corrected chi connectivity index (χ4v) is 3.60. The standard InChI is InChI=1S/C15H19N3S/c1-17(2)10-13-9-16-15(19-13)11-18-8-7-12-5-3-4-6-14(12)18/h3-6,9H,7-8,10-11H2,1-2H3. The summed E-state index contributed by atoms with van der Waals surface area (Å²) in [5.74, 6) is 0. The first-order valence-corrected chi connectivity index (χ1v) is 7.45. The second-order valence-electron chi connectivity index (χ2n) is 5.26. The minimum atomic E-state index is 0.940. The molecule has 3 nitrogen and oxygen atoms in total. The molecule has 0 saturated heterocycles. The molecule has 0 aliphatic carbocycles. The summed E-state index contributed by atoms with van der Waals surface area (Å²) in [5, 5.41) is 1.22. The molecule has 0 spiro atoms. The van der Waals surface area contributed by atoms with Crippen molar-refractivity contribution >= 4 is 17.0 Å². The minimum Gasteiger partial charge on any atom is -0.364 e. The molecule has 0 amide bonds. The summed E-state index contributed by atoms with van der Waals surface area (Å²) in [4.78, 5) is 10.5. The highest BCUT2D eigenvalue weighted by Crippen LogP contribution is 2.29. The van der Waals surface area contributed by atoms with Gasteiger partial charge < -0.3 is 9.80 Å². The highest BCUT2D eigenvalue weighted by Gasteiger charge is 2.19. The Hall–Kier alpha value is -1.39. The number of nitrogens with zero attached hydrogens (tertiary/aromatic N) is 3. The molecule has 1 aliphatic rings. The Morgan fingerprint density at radius 2 is 2.16 bits per heavy atom. The van der Waals surface area contributed by atoms with E-state index in [-0.39, 0.29) is 0 Å². The van der Waals surface area contributed by atoms with Crippen molar-refractivity contribution < 1.29 is 0 Å². The van der Waals surface area contributed by atoms with Gasteiger partial charge in [-0.2, -0.15) is 0 Å². The Bertz CT molecular complexity index is 562. The van der Waals surface area contributed by atoms with Crippen LogP contribution in [-0.2, 0) is 19.5 Å².